The summed E-state index contributed by atoms with van der Waals surface area (Å²) in [6.45, 7) is 2.91. The average Bonchev–Trinajstić information content (AvgIpc) is 2.68. The van der Waals surface area contributed by atoms with E-state index >= 15 is 0 Å². The molecule has 0 fully saturated rings. The second kappa shape index (κ2) is 9.05. The van der Waals surface area contributed by atoms with Crippen molar-refractivity contribution < 1.29 is 13.2 Å². The van der Waals surface area contributed by atoms with Gasteiger partial charge in [0.25, 0.3) is 0 Å². The number of amidine groups is 1. The number of allylic oxidation sites excluding steroid dienone is 3. The third kappa shape index (κ3) is 4.49. The number of nitrogen functional groups attached to an aromatic ring is 2. The summed E-state index contributed by atoms with van der Waals surface area (Å²) >= 11 is 0. The van der Waals surface area contributed by atoms with Gasteiger partial charge < -0.3 is 16.9 Å². The molecule has 28 heavy (non-hydrogen) atoms. The lowest BCUT2D eigenvalue weighted by Crippen LogP contribution is -2.33. The highest BCUT2D eigenvalue weighted by molar-refractivity contribution is 6.03. The molecular formula is C19H21F3N6. The first-order valence-electron chi connectivity index (χ1n) is 8.32. The summed E-state index contributed by atoms with van der Waals surface area (Å²) in [5.74, 6) is 2.84. The van der Waals surface area contributed by atoms with Crippen LogP contribution in [0.25, 0.3) is 11.1 Å². The van der Waals surface area contributed by atoms with E-state index in [1.54, 1.807) is 13.0 Å². The van der Waals surface area contributed by atoms with E-state index in [-0.39, 0.29) is 22.9 Å². The minimum atomic E-state index is -1.18. The van der Waals surface area contributed by atoms with Gasteiger partial charge in [0.1, 0.15) is 23.5 Å². The molecule has 1 aromatic heterocycles. The van der Waals surface area contributed by atoms with Gasteiger partial charge in [-0.15, -0.1) is 0 Å². The Bertz CT molecular complexity index is 953. The maximum atomic E-state index is 14.1. The second-order valence-electron chi connectivity index (χ2n) is 5.85. The molecule has 0 spiro atoms. The molecule has 6 nitrogen and oxygen atoms in total. The lowest BCUT2D eigenvalue weighted by atomic mass is 10.0. The molecule has 0 bridgehead atoms. The van der Waals surface area contributed by atoms with Gasteiger partial charge in [0, 0.05) is 17.3 Å². The highest BCUT2D eigenvalue weighted by Gasteiger charge is 2.17. The Morgan fingerprint density at radius 3 is 2.64 bits per heavy atom. The van der Waals surface area contributed by atoms with Crippen LogP contribution in [-0.2, 0) is 0 Å². The molecule has 1 heterocycles. The van der Waals surface area contributed by atoms with E-state index in [0.29, 0.717) is 11.1 Å². The fourth-order valence-corrected chi connectivity index (χ4v) is 2.46. The summed E-state index contributed by atoms with van der Waals surface area (Å²) in [6, 6.07) is 4.70. The molecule has 0 aliphatic heterocycles. The van der Waals surface area contributed by atoms with Gasteiger partial charge in [-0.2, -0.15) is 0 Å². The van der Waals surface area contributed by atoms with Gasteiger partial charge in [-0.05, 0) is 32.1 Å². The zero-order valence-corrected chi connectivity index (χ0v) is 15.4. The molecule has 0 saturated carbocycles. The Kier molecular flexibility index (Phi) is 6.78. The quantitative estimate of drug-likeness (QED) is 0.156. The van der Waals surface area contributed by atoms with Gasteiger partial charge in [-0.3, -0.25) is 4.99 Å². The first kappa shape index (κ1) is 21.0. The summed E-state index contributed by atoms with van der Waals surface area (Å²) in [5.41, 5.74) is 15.0. The second-order valence-corrected chi connectivity index (χ2v) is 5.85. The van der Waals surface area contributed by atoms with Crippen LogP contribution >= 0.6 is 0 Å². The number of pyridine rings is 1. The van der Waals surface area contributed by atoms with Crippen molar-refractivity contribution in [1.82, 2.24) is 10.4 Å². The Morgan fingerprint density at radius 1 is 1.29 bits per heavy atom. The van der Waals surface area contributed by atoms with E-state index in [9.17, 15) is 13.2 Å². The van der Waals surface area contributed by atoms with Crippen molar-refractivity contribution >= 4 is 17.3 Å². The van der Waals surface area contributed by atoms with Crippen molar-refractivity contribution in [1.29, 1.82) is 0 Å². The number of aliphatic imine (C=N–C) groups is 1. The van der Waals surface area contributed by atoms with Gasteiger partial charge in [-0.1, -0.05) is 18.2 Å². The highest BCUT2D eigenvalue weighted by atomic mass is 19.2. The molecule has 9 heteroatoms. The first-order valence-corrected chi connectivity index (χ1v) is 8.32. The number of para-hydroxylation sites is 1. The van der Waals surface area contributed by atoms with Crippen LogP contribution in [0.4, 0.5) is 24.7 Å². The number of hydrogen-bond donors (Lipinski definition) is 4. The molecule has 2 rings (SSSR count). The standard InChI is InChI=1S/C19H21F3N6/c1-3-5-14(20)16(22)10(2)27-19(28-25)13-8-11(9-26-18(13)24)12-6-4-7-15(21)17(12)23/h3-10H,23,25H2,1-2H3,(H2,24,26)(H,27,28)/b5-3-,16-14-. The van der Waals surface area contributed by atoms with Crippen LogP contribution in [0.2, 0.25) is 0 Å². The lowest BCUT2D eigenvalue weighted by Gasteiger charge is -2.14. The van der Waals surface area contributed by atoms with Gasteiger partial charge in [-0.25, -0.2) is 24.0 Å². The van der Waals surface area contributed by atoms with Crippen LogP contribution in [0.15, 0.2) is 59.3 Å². The minimum Gasteiger partial charge on any atom is -0.396 e. The molecule has 0 amide bonds. The van der Waals surface area contributed by atoms with E-state index in [1.165, 1.54) is 37.4 Å². The third-order valence-corrected chi connectivity index (χ3v) is 3.90. The molecule has 1 atom stereocenters. The Labute approximate surface area is 160 Å². The number of nitrogens with two attached hydrogens (primary N) is 3. The van der Waals surface area contributed by atoms with Crippen molar-refractivity contribution in [3.8, 4) is 11.1 Å². The van der Waals surface area contributed by atoms with E-state index in [2.05, 4.69) is 15.4 Å². The van der Waals surface area contributed by atoms with Crippen molar-refractivity contribution in [3.63, 3.8) is 0 Å². The molecule has 1 unspecified atom stereocenters. The zero-order valence-electron chi connectivity index (χ0n) is 15.4. The maximum Gasteiger partial charge on any atom is 0.160 e. The molecular weight excluding hydrogens is 369 g/mol. The number of nitrogens with zero attached hydrogens (tertiary/aromatic N) is 2. The summed E-state index contributed by atoms with van der Waals surface area (Å²) in [7, 11) is 0. The number of hydrogen-bond acceptors (Lipinski definition) is 5. The summed E-state index contributed by atoms with van der Waals surface area (Å²) in [6.07, 6.45) is 3.76. The predicted octanol–water partition coefficient (Wildman–Crippen LogP) is 3.38. The number of aromatic nitrogens is 1. The molecule has 0 saturated heterocycles. The fourth-order valence-electron chi connectivity index (χ4n) is 2.46. The smallest absolute Gasteiger partial charge is 0.160 e. The Balaban J connectivity index is 2.53. The van der Waals surface area contributed by atoms with Crippen molar-refractivity contribution in [2.75, 3.05) is 11.5 Å². The minimum absolute atomic E-state index is 0.0160. The van der Waals surface area contributed by atoms with Gasteiger partial charge in [0.2, 0.25) is 0 Å². The molecule has 2 aromatic rings. The van der Waals surface area contributed by atoms with Crippen LogP contribution in [0.1, 0.15) is 19.4 Å². The molecule has 7 N–H and O–H groups in total. The zero-order chi connectivity index (χ0) is 20.8. The van der Waals surface area contributed by atoms with Gasteiger partial charge >= 0.3 is 0 Å². The van der Waals surface area contributed by atoms with Gasteiger partial charge in [0.05, 0.1) is 11.3 Å². The largest absolute Gasteiger partial charge is 0.396 e. The van der Waals surface area contributed by atoms with Crippen LogP contribution in [0.5, 0.6) is 0 Å². The monoisotopic (exact) mass is 390 g/mol. The molecule has 0 aliphatic carbocycles. The maximum absolute atomic E-state index is 14.1. The van der Waals surface area contributed by atoms with E-state index < -0.39 is 23.5 Å². The Morgan fingerprint density at radius 2 is 2.00 bits per heavy atom. The van der Waals surface area contributed by atoms with E-state index in [1.807, 2.05) is 0 Å². The molecule has 0 aliphatic rings. The first-order chi connectivity index (χ1) is 13.3. The predicted molar refractivity (Wildman–Crippen MR) is 106 cm³/mol. The highest BCUT2D eigenvalue weighted by Crippen LogP contribution is 2.29. The number of anilines is 2. The lowest BCUT2D eigenvalue weighted by molar-refractivity contribution is 0.503. The number of benzene rings is 1. The number of hydrazine groups is 1. The van der Waals surface area contributed by atoms with Crippen molar-refractivity contribution in [2.45, 2.75) is 19.9 Å². The number of rotatable bonds is 5. The van der Waals surface area contributed by atoms with Crippen LogP contribution in [0, 0.1) is 5.82 Å². The van der Waals surface area contributed by atoms with E-state index in [0.717, 1.165) is 6.08 Å². The van der Waals surface area contributed by atoms with Crippen LogP contribution < -0.4 is 22.7 Å². The van der Waals surface area contributed by atoms with E-state index in [4.69, 9.17) is 17.3 Å². The van der Waals surface area contributed by atoms with Gasteiger partial charge in [0.15, 0.2) is 11.7 Å². The number of halogens is 3. The molecule has 1 aromatic carbocycles. The average molecular weight is 390 g/mol. The third-order valence-electron chi connectivity index (χ3n) is 3.90. The Hall–Kier alpha value is -3.33. The summed E-state index contributed by atoms with van der Waals surface area (Å²) in [5, 5.41) is 0. The van der Waals surface area contributed by atoms with Crippen molar-refractivity contribution in [2.24, 2.45) is 10.8 Å². The molecule has 148 valence electrons. The summed E-state index contributed by atoms with van der Waals surface area (Å²) < 4.78 is 41.5. The fraction of sp³-hybridized carbons (Fsp3) is 0.158. The van der Waals surface area contributed by atoms with Crippen LogP contribution in [-0.4, -0.2) is 16.9 Å². The number of nitrogens with one attached hydrogen (secondary N) is 1. The summed E-state index contributed by atoms with van der Waals surface area (Å²) in [4.78, 5) is 8.10. The van der Waals surface area contributed by atoms with Crippen LogP contribution in [0.3, 0.4) is 0 Å². The normalized spacial score (nSPS) is 14.1. The van der Waals surface area contributed by atoms with Crippen molar-refractivity contribution in [3.05, 3.63) is 65.6 Å². The molecule has 0 radical (unpaired) electrons. The SMILES string of the molecule is C/C=C\C(F)=C(\F)C(C)N=C(NN)c1cc(-c2cccc(F)c2N)cnc1N. The topological polar surface area (TPSA) is 115 Å².